The van der Waals surface area contributed by atoms with Gasteiger partial charge >= 0.3 is 0 Å². The molecule has 1 amide bonds. The molecule has 6 nitrogen and oxygen atoms in total. The van der Waals surface area contributed by atoms with Gasteiger partial charge in [0.15, 0.2) is 0 Å². The van der Waals surface area contributed by atoms with Gasteiger partial charge in [0.05, 0.1) is 11.9 Å². The number of amides is 1. The number of sulfonamides is 1. The quantitative estimate of drug-likeness (QED) is 0.629. The zero-order chi connectivity index (χ0) is 22.4. The van der Waals surface area contributed by atoms with E-state index in [9.17, 15) is 13.2 Å². The Hall–Kier alpha value is -2.38. The number of rotatable bonds is 8. The maximum absolute atomic E-state index is 12.7. The third kappa shape index (κ3) is 6.55. The molecule has 0 unspecified atom stereocenters. The monoisotopic (exact) mass is 443 g/mol. The molecule has 7 heteroatoms. The first-order valence-corrected chi connectivity index (χ1v) is 12.7. The summed E-state index contributed by atoms with van der Waals surface area (Å²) in [5.74, 6) is 0.105. The van der Waals surface area contributed by atoms with E-state index in [1.165, 1.54) is 16.1 Å². The summed E-state index contributed by atoms with van der Waals surface area (Å²) in [5, 5.41) is 0. The van der Waals surface area contributed by atoms with Crippen molar-refractivity contribution >= 4 is 21.6 Å². The van der Waals surface area contributed by atoms with Crippen LogP contribution < -0.4 is 4.31 Å². The topological polar surface area (TPSA) is 60.9 Å². The van der Waals surface area contributed by atoms with Gasteiger partial charge in [0.2, 0.25) is 15.9 Å². The van der Waals surface area contributed by atoms with Crippen molar-refractivity contribution in [3.8, 4) is 0 Å². The minimum atomic E-state index is -3.42. The van der Waals surface area contributed by atoms with Crippen LogP contribution in [0.5, 0.6) is 0 Å². The lowest BCUT2D eigenvalue weighted by Gasteiger charge is -2.35. The first-order valence-electron chi connectivity index (χ1n) is 10.8. The standard InChI is InChI=1S/C24H33N3O3S/c1-20-11-12-21(2)23(18-20)27(31(3,29)30)13-7-10-24(28)26-16-14-25(15-17-26)19-22-8-5-4-6-9-22/h4-6,8-9,11-12,18H,7,10,13-17,19H2,1-3H3. The molecule has 31 heavy (non-hydrogen) atoms. The smallest absolute Gasteiger partial charge is 0.232 e. The molecule has 3 rings (SSSR count). The highest BCUT2D eigenvalue weighted by molar-refractivity contribution is 7.92. The lowest BCUT2D eigenvalue weighted by atomic mass is 10.1. The maximum atomic E-state index is 12.7. The van der Waals surface area contributed by atoms with Gasteiger partial charge in [0, 0.05) is 45.7 Å². The number of nitrogens with zero attached hydrogens (tertiary/aromatic N) is 3. The van der Waals surface area contributed by atoms with Crippen LogP contribution in [0.2, 0.25) is 0 Å². The first-order chi connectivity index (χ1) is 14.7. The largest absolute Gasteiger partial charge is 0.340 e. The maximum Gasteiger partial charge on any atom is 0.232 e. The SMILES string of the molecule is Cc1ccc(C)c(N(CCCC(=O)N2CCN(Cc3ccccc3)CC2)S(C)(=O)=O)c1. The molecule has 0 radical (unpaired) electrons. The Labute approximate surface area is 186 Å². The third-order valence-electron chi connectivity index (χ3n) is 5.76. The van der Waals surface area contributed by atoms with Gasteiger partial charge in [-0.05, 0) is 43.0 Å². The molecule has 0 atom stereocenters. The third-order valence-corrected chi connectivity index (χ3v) is 6.94. The van der Waals surface area contributed by atoms with Gasteiger partial charge in [-0.2, -0.15) is 0 Å². The van der Waals surface area contributed by atoms with Crippen LogP contribution in [-0.4, -0.2) is 63.1 Å². The molecule has 168 valence electrons. The van der Waals surface area contributed by atoms with E-state index in [1.807, 2.05) is 55.1 Å². The number of aryl methyl sites for hydroxylation is 2. The summed E-state index contributed by atoms with van der Waals surface area (Å²) in [5.41, 5.74) is 3.91. The highest BCUT2D eigenvalue weighted by Crippen LogP contribution is 2.24. The number of hydrogen-bond acceptors (Lipinski definition) is 4. The van der Waals surface area contributed by atoms with Crippen LogP contribution >= 0.6 is 0 Å². The summed E-state index contributed by atoms with van der Waals surface area (Å²) >= 11 is 0. The van der Waals surface area contributed by atoms with Crippen molar-refractivity contribution in [3.63, 3.8) is 0 Å². The second-order valence-electron chi connectivity index (χ2n) is 8.37. The average molecular weight is 444 g/mol. The van der Waals surface area contributed by atoms with Gasteiger partial charge in [0.25, 0.3) is 0 Å². The Morgan fingerprint density at radius 3 is 2.32 bits per heavy atom. The minimum Gasteiger partial charge on any atom is -0.340 e. The van der Waals surface area contributed by atoms with Gasteiger partial charge in [-0.15, -0.1) is 0 Å². The van der Waals surface area contributed by atoms with Crippen molar-refractivity contribution in [3.05, 3.63) is 65.2 Å². The van der Waals surface area contributed by atoms with Crippen molar-refractivity contribution in [1.82, 2.24) is 9.80 Å². The Morgan fingerprint density at radius 2 is 1.68 bits per heavy atom. The van der Waals surface area contributed by atoms with E-state index in [0.29, 0.717) is 25.1 Å². The second-order valence-corrected chi connectivity index (χ2v) is 10.3. The molecular formula is C24H33N3O3S. The number of hydrogen-bond donors (Lipinski definition) is 0. The van der Waals surface area contributed by atoms with Crippen LogP contribution in [0, 0.1) is 13.8 Å². The molecule has 0 spiro atoms. The molecule has 0 saturated carbocycles. The lowest BCUT2D eigenvalue weighted by molar-refractivity contribution is -0.133. The fraction of sp³-hybridized carbons (Fsp3) is 0.458. The van der Waals surface area contributed by atoms with Crippen LogP contribution in [0.15, 0.2) is 48.5 Å². The normalized spacial score (nSPS) is 15.1. The van der Waals surface area contributed by atoms with Crippen molar-refractivity contribution < 1.29 is 13.2 Å². The van der Waals surface area contributed by atoms with Gasteiger partial charge in [-0.1, -0.05) is 42.5 Å². The minimum absolute atomic E-state index is 0.105. The Bertz CT molecular complexity index is 984. The predicted octanol–water partition coefficient (Wildman–Crippen LogP) is 3.19. The molecule has 2 aromatic rings. The zero-order valence-electron chi connectivity index (χ0n) is 18.8. The Kier molecular flexibility index (Phi) is 7.73. The predicted molar refractivity (Wildman–Crippen MR) is 126 cm³/mol. The number of carbonyl (C=O) groups excluding carboxylic acids is 1. The van der Waals surface area contributed by atoms with Crippen LogP contribution in [0.3, 0.4) is 0 Å². The van der Waals surface area contributed by atoms with Gasteiger partial charge < -0.3 is 4.90 Å². The van der Waals surface area contributed by atoms with E-state index < -0.39 is 10.0 Å². The van der Waals surface area contributed by atoms with Crippen LogP contribution in [0.4, 0.5) is 5.69 Å². The number of benzene rings is 2. The summed E-state index contributed by atoms with van der Waals surface area (Å²) in [7, 11) is -3.42. The molecular weight excluding hydrogens is 410 g/mol. The van der Waals surface area contributed by atoms with Crippen molar-refractivity contribution in [2.24, 2.45) is 0 Å². The molecule has 1 aliphatic rings. The molecule has 1 fully saturated rings. The van der Waals surface area contributed by atoms with Crippen LogP contribution in [0.25, 0.3) is 0 Å². The van der Waals surface area contributed by atoms with Crippen molar-refractivity contribution in [2.45, 2.75) is 33.2 Å². The van der Waals surface area contributed by atoms with Crippen molar-refractivity contribution in [2.75, 3.05) is 43.3 Å². The zero-order valence-corrected chi connectivity index (χ0v) is 19.6. The molecule has 1 heterocycles. The molecule has 1 aliphatic heterocycles. The second kappa shape index (κ2) is 10.3. The summed E-state index contributed by atoms with van der Waals surface area (Å²) < 4.78 is 26.2. The van der Waals surface area contributed by atoms with Crippen molar-refractivity contribution in [1.29, 1.82) is 0 Å². The van der Waals surface area contributed by atoms with Gasteiger partial charge in [-0.25, -0.2) is 8.42 Å². The van der Waals surface area contributed by atoms with E-state index in [1.54, 1.807) is 0 Å². The molecule has 0 N–H and O–H groups in total. The van der Waals surface area contributed by atoms with Crippen LogP contribution in [-0.2, 0) is 21.4 Å². The fourth-order valence-electron chi connectivity index (χ4n) is 3.98. The molecule has 0 bridgehead atoms. The highest BCUT2D eigenvalue weighted by Gasteiger charge is 2.23. The van der Waals surface area contributed by atoms with E-state index in [-0.39, 0.29) is 5.91 Å². The highest BCUT2D eigenvalue weighted by atomic mass is 32.2. The van der Waals surface area contributed by atoms with E-state index in [0.717, 1.165) is 43.9 Å². The summed E-state index contributed by atoms with van der Waals surface area (Å²) in [6.45, 7) is 8.23. The molecule has 0 aromatic heterocycles. The number of carbonyl (C=O) groups is 1. The lowest BCUT2D eigenvalue weighted by Crippen LogP contribution is -2.48. The van der Waals surface area contributed by atoms with E-state index >= 15 is 0 Å². The summed E-state index contributed by atoms with van der Waals surface area (Å²) in [4.78, 5) is 17.0. The van der Waals surface area contributed by atoms with E-state index in [2.05, 4.69) is 17.0 Å². The molecule has 0 aliphatic carbocycles. The Morgan fingerprint density at radius 1 is 1.00 bits per heavy atom. The first kappa shape index (κ1) is 23.3. The number of piperazine rings is 1. The van der Waals surface area contributed by atoms with Gasteiger partial charge in [0.1, 0.15) is 0 Å². The molecule has 2 aromatic carbocycles. The van der Waals surface area contributed by atoms with Crippen LogP contribution in [0.1, 0.15) is 29.5 Å². The molecule has 1 saturated heterocycles. The fourth-order valence-corrected chi connectivity index (χ4v) is 5.00. The van der Waals surface area contributed by atoms with Gasteiger partial charge in [-0.3, -0.25) is 14.0 Å². The average Bonchev–Trinajstić information content (AvgIpc) is 2.73. The summed E-state index contributed by atoms with van der Waals surface area (Å²) in [6, 6.07) is 16.2. The van der Waals surface area contributed by atoms with E-state index in [4.69, 9.17) is 0 Å². The summed E-state index contributed by atoms with van der Waals surface area (Å²) in [6.07, 6.45) is 2.08. The number of anilines is 1. The Balaban J connectivity index is 1.50.